The number of hydrogen-bond acceptors (Lipinski definition) is 5. The molecule has 0 heterocycles. The summed E-state index contributed by atoms with van der Waals surface area (Å²) < 4.78 is 0. The minimum Gasteiger partial charge on any atom is -0.299 e. The van der Waals surface area contributed by atoms with Gasteiger partial charge in [-0.2, -0.15) is 5.26 Å². The van der Waals surface area contributed by atoms with E-state index in [1.165, 1.54) is 0 Å². The Labute approximate surface area is 68.6 Å². The second-order valence-corrected chi connectivity index (χ2v) is 2.09. The third-order valence-electron chi connectivity index (χ3n) is 1.15. The first-order valence-electron chi connectivity index (χ1n) is 3.12. The lowest BCUT2D eigenvalue weighted by molar-refractivity contribution is -0.235. The van der Waals surface area contributed by atoms with Gasteiger partial charge in [-0.1, -0.05) is 0 Å². The number of rotatable bonds is 2. The van der Waals surface area contributed by atoms with E-state index < -0.39 is 24.3 Å². The van der Waals surface area contributed by atoms with Gasteiger partial charge in [0.15, 0.2) is 0 Å². The first-order chi connectivity index (χ1) is 5.49. The number of hydrogen-bond donors (Lipinski definition) is 1. The fourth-order valence-corrected chi connectivity index (χ4v) is 0.602. The van der Waals surface area contributed by atoms with Gasteiger partial charge < -0.3 is 0 Å². The maximum Gasteiger partial charge on any atom is 0.361 e. The summed E-state index contributed by atoms with van der Waals surface area (Å²) in [6.45, 7) is 1.69. The Hall–Kier alpha value is -1.43. The zero-order valence-corrected chi connectivity index (χ0v) is 6.73. The van der Waals surface area contributed by atoms with E-state index in [0.717, 1.165) is 13.8 Å². The number of carbonyl (C=O) groups is 3. The summed E-state index contributed by atoms with van der Waals surface area (Å²) in [6, 6.07) is 0. The quantitative estimate of drug-likeness (QED) is 0.447. The summed E-state index contributed by atoms with van der Waals surface area (Å²) in [5.41, 5.74) is 0. The lowest BCUT2D eigenvalue weighted by Crippen LogP contribution is -2.38. The highest BCUT2D eigenvalue weighted by Gasteiger charge is 2.18. The third kappa shape index (κ3) is 3.11. The van der Waals surface area contributed by atoms with Gasteiger partial charge in [0.25, 0.3) is 0 Å². The second-order valence-electron chi connectivity index (χ2n) is 2.09. The Morgan fingerprint density at radius 1 is 1.25 bits per heavy atom. The minimum atomic E-state index is -1.06. The standard InChI is InChI=1S/C6H9NO5/c1-4(8)7(5(2)9)3-6(10)12-11/h11H,3H2,1-2H3. The highest BCUT2D eigenvalue weighted by atomic mass is 17.1. The molecule has 0 aliphatic heterocycles. The van der Waals surface area contributed by atoms with Crippen LogP contribution in [0.3, 0.4) is 0 Å². The lowest BCUT2D eigenvalue weighted by atomic mass is 10.4. The Kier molecular flexibility index (Phi) is 3.92. The minimum absolute atomic E-state index is 0.568. The highest BCUT2D eigenvalue weighted by Crippen LogP contribution is 1.91. The molecule has 0 fully saturated rings. The number of nitrogens with zero attached hydrogens (tertiary/aromatic N) is 1. The van der Waals surface area contributed by atoms with E-state index in [1.54, 1.807) is 0 Å². The Bertz CT molecular complexity index is 198. The largest absolute Gasteiger partial charge is 0.361 e. The van der Waals surface area contributed by atoms with E-state index in [2.05, 4.69) is 4.89 Å². The summed E-state index contributed by atoms with van der Waals surface area (Å²) in [6.07, 6.45) is 0. The molecule has 0 saturated carbocycles. The maximum absolute atomic E-state index is 10.7. The van der Waals surface area contributed by atoms with Crippen molar-refractivity contribution >= 4 is 17.8 Å². The molecular weight excluding hydrogens is 166 g/mol. The van der Waals surface area contributed by atoms with Gasteiger partial charge >= 0.3 is 5.97 Å². The maximum atomic E-state index is 10.7. The number of imide groups is 1. The monoisotopic (exact) mass is 175 g/mol. The van der Waals surface area contributed by atoms with Crippen molar-refractivity contribution in [1.82, 2.24) is 4.90 Å². The van der Waals surface area contributed by atoms with Crippen LogP contribution >= 0.6 is 0 Å². The molecule has 0 rings (SSSR count). The predicted molar refractivity (Wildman–Crippen MR) is 36.8 cm³/mol. The molecule has 12 heavy (non-hydrogen) atoms. The average molecular weight is 175 g/mol. The van der Waals surface area contributed by atoms with Crippen molar-refractivity contribution in [3.8, 4) is 0 Å². The second kappa shape index (κ2) is 4.45. The van der Waals surface area contributed by atoms with Crippen LogP contribution in [0.2, 0.25) is 0 Å². The molecule has 0 bridgehead atoms. The van der Waals surface area contributed by atoms with Crippen molar-refractivity contribution in [3.63, 3.8) is 0 Å². The Balaban J connectivity index is 4.24. The van der Waals surface area contributed by atoms with Gasteiger partial charge in [0.05, 0.1) is 0 Å². The van der Waals surface area contributed by atoms with E-state index in [0.29, 0.717) is 4.90 Å². The van der Waals surface area contributed by atoms with E-state index >= 15 is 0 Å². The van der Waals surface area contributed by atoms with E-state index in [-0.39, 0.29) is 0 Å². The molecule has 2 amide bonds. The molecule has 0 aromatic heterocycles. The zero-order chi connectivity index (χ0) is 9.72. The van der Waals surface area contributed by atoms with Crippen molar-refractivity contribution in [2.45, 2.75) is 13.8 Å². The zero-order valence-electron chi connectivity index (χ0n) is 6.73. The lowest BCUT2D eigenvalue weighted by Gasteiger charge is -2.13. The molecule has 0 radical (unpaired) electrons. The van der Waals surface area contributed by atoms with E-state index in [1.807, 2.05) is 0 Å². The summed E-state index contributed by atoms with van der Waals surface area (Å²) in [7, 11) is 0. The molecule has 0 aromatic carbocycles. The van der Waals surface area contributed by atoms with Gasteiger partial charge in [-0.25, -0.2) is 4.79 Å². The summed E-state index contributed by atoms with van der Waals surface area (Å²) in [4.78, 5) is 35.7. The van der Waals surface area contributed by atoms with Crippen molar-refractivity contribution in [2.75, 3.05) is 6.54 Å². The molecule has 0 unspecified atom stereocenters. The Morgan fingerprint density at radius 2 is 1.67 bits per heavy atom. The van der Waals surface area contributed by atoms with Crippen LogP contribution in [0.15, 0.2) is 0 Å². The normalized spacial score (nSPS) is 8.92. The number of carbonyl (C=O) groups excluding carboxylic acids is 3. The molecule has 0 aliphatic rings. The van der Waals surface area contributed by atoms with Gasteiger partial charge in [0.2, 0.25) is 11.8 Å². The van der Waals surface area contributed by atoms with Crippen LogP contribution in [0.4, 0.5) is 0 Å². The van der Waals surface area contributed by atoms with Crippen LogP contribution in [0.1, 0.15) is 13.8 Å². The van der Waals surface area contributed by atoms with Gasteiger partial charge in [0.1, 0.15) is 6.54 Å². The molecule has 0 aliphatic carbocycles. The molecule has 0 spiro atoms. The number of amides is 2. The van der Waals surface area contributed by atoms with Crippen LogP contribution in [-0.4, -0.2) is 34.5 Å². The topological polar surface area (TPSA) is 83.9 Å². The first kappa shape index (κ1) is 10.6. The molecule has 0 atom stereocenters. The van der Waals surface area contributed by atoms with Crippen LogP contribution in [0.5, 0.6) is 0 Å². The smallest absolute Gasteiger partial charge is 0.299 e. The van der Waals surface area contributed by atoms with Crippen LogP contribution in [0, 0.1) is 0 Å². The summed E-state index contributed by atoms with van der Waals surface area (Å²) in [5, 5.41) is 7.85. The molecule has 6 nitrogen and oxygen atoms in total. The Morgan fingerprint density at radius 3 is 1.92 bits per heavy atom. The van der Waals surface area contributed by atoms with Crippen LogP contribution in [-0.2, 0) is 19.3 Å². The van der Waals surface area contributed by atoms with Crippen molar-refractivity contribution in [2.24, 2.45) is 0 Å². The molecular formula is C6H9NO5. The highest BCUT2D eigenvalue weighted by molar-refractivity contribution is 5.96. The third-order valence-corrected chi connectivity index (χ3v) is 1.15. The van der Waals surface area contributed by atoms with Crippen molar-refractivity contribution in [1.29, 1.82) is 0 Å². The predicted octanol–water partition coefficient (Wildman–Crippen LogP) is -0.602. The van der Waals surface area contributed by atoms with Gasteiger partial charge in [0, 0.05) is 13.8 Å². The van der Waals surface area contributed by atoms with Gasteiger partial charge in [-0.3, -0.25) is 19.4 Å². The van der Waals surface area contributed by atoms with E-state index in [9.17, 15) is 14.4 Å². The fraction of sp³-hybridized carbons (Fsp3) is 0.500. The average Bonchev–Trinajstić information content (AvgIpc) is 1.98. The molecule has 1 N–H and O–H groups in total. The summed E-state index contributed by atoms with van der Waals surface area (Å²) >= 11 is 0. The van der Waals surface area contributed by atoms with Gasteiger partial charge in [-0.05, 0) is 0 Å². The SMILES string of the molecule is CC(=O)N(CC(=O)OO)C(C)=O. The van der Waals surface area contributed by atoms with Gasteiger partial charge in [-0.15, -0.1) is 0 Å². The summed E-state index contributed by atoms with van der Waals surface area (Å²) in [5.74, 6) is -2.21. The van der Waals surface area contributed by atoms with Crippen LogP contribution in [0.25, 0.3) is 0 Å². The van der Waals surface area contributed by atoms with Crippen molar-refractivity contribution in [3.05, 3.63) is 0 Å². The molecule has 0 aromatic rings. The molecule has 6 heteroatoms. The van der Waals surface area contributed by atoms with Crippen LogP contribution < -0.4 is 0 Å². The fourth-order valence-electron chi connectivity index (χ4n) is 0.602. The van der Waals surface area contributed by atoms with E-state index in [4.69, 9.17) is 5.26 Å². The first-order valence-corrected chi connectivity index (χ1v) is 3.12. The van der Waals surface area contributed by atoms with Crippen molar-refractivity contribution < 1.29 is 24.5 Å². The molecule has 68 valence electrons. The molecule has 0 saturated heterocycles.